The second kappa shape index (κ2) is 22.9. The van der Waals surface area contributed by atoms with E-state index in [2.05, 4.69) is 43.2 Å². The van der Waals surface area contributed by atoms with Crippen LogP contribution in [-0.2, 0) is 39.6 Å². The largest absolute Gasteiger partial charge is 0.481 e. The first-order valence-corrected chi connectivity index (χ1v) is 22.8. The second-order valence-electron chi connectivity index (χ2n) is 16.7. The Morgan fingerprint density at radius 3 is 2.19 bits per heavy atom. The van der Waals surface area contributed by atoms with Crippen molar-refractivity contribution in [3.63, 3.8) is 0 Å². The van der Waals surface area contributed by atoms with Crippen molar-refractivity contribution < 1.29 is 43.2 Å². The molecule has 9 atom stereocenters. The van der Waals surface area contributed by atoms with Gasteiger partial charge < -0.3 is 44.8 Å². The average molecular weight is 835 g/mol. The number of amidine groups is 1. The molecular weight excluding hydrogens is 763 g/mol. The van der Waals surface area contributed by atoms with Gasteiger partial charge in [-0.15, -0.1) is 0 Å². The first-order chi connectivity index (χ1) is 27.4. The zero-order valence-corrected chi connectivity index (χ0v) is 37.3. The van der Waals surface area contributed by atoms with Crippen LogP contribution in [0.3, 0.4) is 0 Å². The molecule has 4 N–H and O–H groups in total. The molecule has 15 nitrogen and oxygen atoms in total. The lowest BCUT2D eigenvalue weighted by Gasteiger charge is -2.40. The van der Waals surface area contributed by atoms with Gasteiger partial charge in [0.15, 0.2) is 0 Å². The lowest BCUT2D eigenvalue weighted by Crippen LogP contribution is -2.55. The third kappa shape index (κ3) is 13.1. The molecule has 2 saturated heterocycles. The van der Waals surface area contributed by atoms with Gasteiger partial charge in [-0.3, -0.25) is 28.7 Å². The summed E-state index contributed by atoms with van der Waals surface area (Å²) < 4.78 is 25.3. The van der Waals surface area contributed by atoms with Crippen molar-refractivity contribution in [3.05, 3.63) is 35.9 Å². The van der Waals surface area contributed by atoms with Crippen molar-refractivity contribution in [1.82, 2.24) is 25.3 Å². The lowest BCUT2D eigenvalue weighted by molar-refractivity contribution is -0.146. The molecule has 0 aromatic heterocycles. The highest BCUT2D eigenvalue weighted by Gasteiger charge is 2.44. The molecule has 2 aliphatic heterocycles. The standard InChI is InChI=1S/C42H71N6O9P/c1-11-29(6)38(46(8)42(53)37(27(2)3)45-40(28(4)5)47-22-19-43-20-23-47)33(56-9)25-35(49)48-21-15-18-32(48)39(57-10)30(7)41(52)44-34(58(54,55)26-36(50)51)24-31-16-13-12-14-17-31/h12-14,16-17,27-30,32-34,37-39,43H,11,15,18-26H2,1-10H3,(H,44,52)(H,50,51)(H,54,55)/b45-40+/t29-,30+,32-,33+,34+,37-,38-,39+/m0/s1. The van der Waals surface area contributed by atoms with Crippen LogP contribution in [0.2, 0.25) is 0 Å². The summed E-state index contributed by atoms with van der Waals surface area (Å²) in [6.07, 6.45) is -0.477. The van der Waals surface area contributed by atoms with Crippen LogP contribution in [0, 0.1) is 23.7 Å². The van der Waals surface area contributed by atoms with Crippen LogP contribution >= 0.6 is 7.37 Å². The number of nitrogens with one attached hydrogen (secondary N) is 2. The van der Waals surface area contributed by atoms with Crippen LogP contribution in [-0.4, -0.2) is 150 Å². The van der Waals surface area contributed by atoms with E-state index in [0.717, 1.165) is 38.4 Å². The molecular formula is C42H71N6O9P. The Morgan fingerprint density at radius 2 is 1.66 bits per heavy atom. The quantitative estimate of drug-likeness (QED) is 0.0798. The third-order valence-corrected chi connectivity index (χ3v) is 13.8. The van der Waals surface area contributed by atoms with E-state index >= 15 is 0 Å². The second-order valence-corrected chi connectivity index (χ2v) is 19.1. The van der Waals surface area contributed by atoms with Crippen LogP contribution < -0.4 is 10.6 Å². The van der Waals surface area contributed by atoms with Crippen LogP contribution in [0.4, 0.5) is 0 Å². The number of hydrogen-bond donors (Lipinski definition) is 4. The van der Waals surface area contributed by atoms with E-state index in [4.69, 9.17) is 14.5 Å². The summed E-state index contributed by atoms with van der Waals surface area (Å²) in [5.41, 5.74) is 0.662. The molecule has 2 aliphatic rings. The molecule has 16 heteroatoms. The summed E-state index contributed by atoms with van der Waals surface area (Å²) >= 11 is 0. The van der Waals surface area contributed by atoms with E-state index in [1.54, 1.807) is 61.2 Å². The lowest BCUT2D eigenvalue weighted by atomic mass is 9.89. The molecule has 2 heterocycles. The Bertz CT molecular complexity index is 1570. The molecule has 3 amide bonds. The first-order valence-electron chi connectivity index (χ1n) is 20.9. The number of aliphatic carboxylic acids is 1. The third-order valence-electron chi connectivity index (χ3n) is 11.8. The summed E-state index contributed by atoms with van der Waals surface area (Å²) in [6.45, 7) is 17.8. The van der Waals surface area contributed by atoms with Gasteiger partial charge in [0.2, 0.25) is 25.1 Å². The predicted octanol–water partition coefficient (Wildman–Crippen LogP) is 3.93. The molecule has 1 aromatic rings. The first kappa shape index (κ1) is 49.0. The van der Waals surface area contributed by atoms with E-state index in [1.165, 1.54) is 7.11 Å². The highest BCUT2D eigenvalue weighted by atomic mass is 31.2. The number of carbonyl (C=O) groups excluding carboxylic acids is 3. The molecule has 58 heavy (non-hydrogen) atoms. The summed E-state index contributed by atoms with van der Waals surface area (Å²) in [7, 11) is 0.430. The Kier molecular flexibility index (Phi) is 19.3. The SMILES string of the molecule is CC[C@H](C)[C@@H]([C@@H](CC(=O)N1CCC[C@H]1[C@H](OC)[C@@H](C)C(=O)N[C@@H](Cc1ccccc1)P(=O)(O)CC(=O)O)OC)N(C)C(=O)[C@@H](/N=C(\C(C)C)N1CCNCC1)C(C)C. The monoisotopic (exact) mass is 835 g/mol. The number of benzene rings is 1. The fourth-order valence-corrected chi connectivity index (χ4v) is 9.80. The van der Waals surface area contributed by atoms with Crippen molar-refractivity contribution in [2.75, 3.05) is 60.2 Å². The smallest absolute Gasteiger partial charge is 0.313 e. The average Bonchev–Trinajstić information content (AvgIpc) is 3.67. The molecule has 0 radical (unpaired) electrons. The number of carboxylic acid groups (broad SMARTS) is 1. The molecule has 2 fully saturated rings. The van der Waals surface area contributed by atoms with Crippen molar-refractivity contribution in [3.8, 4) is 0 Å². The number of methoxy groups -OCH3 is 2. The normalized spacial score (nSPS) is 21.1. The number of piperazine rings is 1. The van der Waals surface area contributed by atoms with E-state index in [0.29, 0.717) is 24.9 Å². The maximum absolute atomic E-state index is 14.5. The molecule has 0 aliphatic carbocycles. The molecule has 0 spiro atoms. The summed E-state index contributed by atoms with van der Waals surface area (Å²) in [4.78, 5) is 75.9. The highest BCUT2D eigenvalue weighted by Crippen LogP contribution is 2.46. The van der Waals surface area contributed by atoms with Gasteiger partial charge >= 0.3 is 5.97 Å². The number of nitrogens with zero attached hydrogens (tertiary/aromatic N) is 4. The van der Waals surface area contributed by atoms with E-state index < -0.39 is 67.4 Å². The molecule has 3 rings (SSSR count). The summed E-state index contributed by atoms with van der Waals surface area (Å²) in [5, 5.41) is 15.4. The number of ether oxygens (including phenoxy) is 2. The topological polar surface area (TPSA) is 190 Å². The van der Waals surface area contributed by atoms with Crippen molar-refractivity contribution in [1.29, 1.82) is 0 Å². The van der Waals surface area contributed by atoms with Crippen LogP contribution in [0.15, 0.2) is 35.3 Å². The Hall–Kier alpha value is -3.36. The summed E-state index contributed by atoms with van der Waals surface area (Å²) in [5.74, 6) is -3.59. The zero-order chi connectivity index (χ0) is 43.3. The number of likely N-dealkylation sites (N-methyl/N-ethyl adjacent to an activating group) is 1. The van der Waals surface area contributed by atoms with Crippen molar-refractivity contribution in [2.45, 2.75) is 117 Å². The van der Waals surface area contributed by atoms with Gasteiger partial charge in [-0.1, -0.05) is 85.2 Å². The maximum atomic E-state index is 14.5. The van der Waals surface area contributed by atoms with Crippen molar-refractivity contribution in [2.24, 2.45) is 28.7 Å². The van der Waals surface area contributed by atoms with Gasteiger partial charge in [-0.2, -0.15) is 0 Å². The number of amides is 3. The Morgan fingerprint density at radius 1 is 1.02 bits per heavy atom. The minimum absolute atomic E-state index is 0.00763. The maximum Gasteiger partial charge on any atom is 0.313 e. The minimum atomic E-state index is -4.39. The van der Waals surface area contributed by atoms with Gasteiger partial charge in [0.1, 0.15) is 23.8 Å². The Balaban J connectivity index is 1.84. The molecule has 1 unspecified atom stereocenters. The highest BCUT2D eigenvalue weighted by molar-refractivity contribution is 7.59. The van der Waals surface area contributed by atoms with Crippen LogP contribution in [0.25, 0.3) is 0 Å². The van der Waals surface area contributed by atoms with Gasteiger partial charge in [0.25, 0.3) is 0 Å². The van der Waals surface area contributed by atoms with Gasteiger partial charge in [0.05, 0.1) is 36.6 Å². The van der Waals surface area contributed by atoms with Crippen molar-refractivity contribution >= 4 is 36.9 Å². The molecule has 328 valence electrons. The predicted molar refractivity (Wildman–Crippen MR) is 226 cm³/mol. The number of rotatable bonds is 21. The molecule has 1 aromatic carbocycles. The van der Waals surface area contributed by atoms with E-state index in [1.807, 2.05) is 13.8 Å². The van der Waals surface area contributed by atoms with Crippen LogP contribution in [0.5, 0.6) is 0 Å². The number of carboxylic acids is 1. The van der Waals surface area contributed by atoms with Gasteiger partial charge in [0, 0.05) is 66.3 Å². The zero-order valence-electron chi connectivity index (χ0n) is 36.4. The fraction of sp³-hybridized carbons (Fsp3) is 0.738. The van der Waals surface area contributed by atoms with Gasteiger partial charge in [-0.25, -0.2) is 0 Å². The number of aliphatic imine (C=N–C) groups is 1. The summed E-state index contributed by atoms with van der Waals surface area (Å²) in [6, 6.07) is 7.25. The van der Waals surface area contributed by atoms with Gasteiger partial charge in [-0.05, 0) is 30.2 Å². The number of hydrogen-bond acceptors (Lipinski definition) is 9. The number of likely N-dealkylation sites (tertiary alicyclic amines) is 1. The molecule has 0 saturated carbocycles. The fourth-order valence-electron chi connectivity index (χ4n) is 8.37. The van der Waals surface area contributed by atoms with E-state index in [9.17, 15) is 33.7 Å². The minimum Gasteiger partial charge on any atom is -0.481 e. The Labute approximate surface area is 346 Å². The van der Waals surface area contributed by atoms with Crippen LogP contribution in [0.1, 0.15) is 79.7 Å². The number of carbonyl (C=O) groups is 4. The van der Waals surface area contributed by atoms with E-state index in [-0.39, 0.29) is 42.4 Å². The molecule has 0 bridgehead atoms.